The number of carbonyl (C=O) groups is 2. The van der Waals surface area contributed by atoms with Gasteiger partial charge in [0.25, 0.3) is 0 Å². The van der Waals surface area contributed by atoms with Crippen LogP contribution in [0.2, 0.25) is 0 Å². The number of carbonyl (C=O) groups excluding carboxylic acids is 2. The van der Waals surface area contributed by atoms with Crippen LogP contribution in [0, 0.1) is 11.8 Å². The molecule has 3 aromatic rings. The molecule has 0 amide bonds. The van der Waals surface area contributed by atoms with E-state index in [1.807, 2.05) is 97.1 Å². The molecule has 1 atom stereocenters. The number of ether oxygens (including phenoxy) is 1. The zero-order valence-corrected chi connectivity index (χ0v) is 17.0. The molecule has 3 rings (SSSR count). The van der Waals surface area contributed by atoms with Crippen molar-refractivity contribution in [3.63, 3.8) is 0 Å². The van der Waals surface area contributed by atoms with Crippen LogP contribution in [0.25, 0.3) is 11.6 Å². The van der Waals surface area contributed by atoms with Crippen molar-refractivity contribution >= 4 is 23.4 Å². The van der Waals surface area contributed by atoms with Gasteiger partial charge in [-0.3, -0.25) is 9.59 Å². The summed E-state index contributed by atoms with van der Waals surface area (Å²) in [6, 6.07) is 28.2. The Morgan fingerprint density at radius 2 is 1.37 bits per heavy atom. The molecule has 3 aromatic carbocycles. The second-order valence-electron chi connectivity index (χ2n) is 6.91. The molecule has 0 aliphatic rings. The minimum Gasteiger partial charge on any atom is -0.442 e. The Kier molecular flexibility index (Phi) is 6.62. The number of esters is 1. The SMILES string of the molecule is CC(=O)OC(C)(C#CC(=O)/C(=C/c1ccccc1)c1ccccc1)c1ccccc1. The van der Waals surface area contributed by atoms with Crippen molar-refractivity contribution in [2.24, 2.45) is 0 Å². The van der Waals surface area contributed by atoms with Gasteiger partial charge in [0.1, 0.15) is 0 Å². The molecule has 0 saturated heterocycles. The average molecular weight is 394 g/mol. The first kappa shape index (κ1) is 20.8. The van der Waals surface area contributed by atoms with Crippen LogP contribution in [-0.2, 0) is 19.9 Å². The first-order valence-corrected chi connectivity index (χ1v) is 9.63. The van der Waals surface area contributed by atoms with Gasteiger partial charge in [-0.25, -0.2) is 0 Å². The third-order valence-corrected chi connectivity index (χ3v) is 4.53. The summed E-state index contributed by atoms with van der Waals surface area (Å²) in [5.74, 6) is 4.79. The maximum absolute atomic E-state index is 13.1. The van der Waals surface area contributed by atoms with Crippen molar-refractivity contribution in [2.45, 2.75) is 19.4 Å². The lowest BCUT2D eigenvalue weighted by atomic mass is 9.94. The zero-order valence-electron chi connectivity index (χ0n) is 17.0. The van der Waals surface area contributed by atoms with Gasteiger partial charge in [0.2, 0.25) is 5.78 Å². The van der Waals surface area contributed by atoms with E-state index in [4.69, 9.17) is 4.74 Å². The Bertz CT molecular complexity index is 1100. The van der Waals surface area contributed by atoms with Gasteiger partial charge in [-0.2, -0.15) is 0 Å². The third-order valence-electron chi connectivity index (χ3n) is 4.53. The largest absolute Gasteiger partial charge is 0.442 e. The first-order valence-electron chi connectivity index (χ1n) is 9.63. The summed E-state index contributed by atoms with van der Waals surface area (Å²) in [7, 11) is 0. The van der Waals surface area contributed by atoms with Crippen molar-refractivity contribution in [3.05, 3.63) is 108 Å². The zero-order chi connectivity index (χ0) is 21.4. The molecule has 0 heterocycles. The number of hydrogen-bond acceptors (Lipinski definition) is 3. The molecule has 0 aliphatic heterocycles. The highest BCUT2D eigenvalue weighted by atomic mass is 16.6. The number of benzene rings is 3. The predicted octanol–water partition coefficient (Wildman–Crippen LogP) is 5.28. The summed E-state index contributed by atoms with van der Waals surface area (Å²) >= 11 is 0. The smallest absolute Gasteiger partial charge is 0.304 e. The molecule has 0 saturated carbocycles. The molecular formula is C27H22O3. The maximum atomic E-state index is 13.1. The van der Waals surface area contributed by atoms with Crippen LogP contribution in [-0.4, -0.2) is 11.8 Å². The van der Waals surface area contributed by atoms with E-state index in [9.17, 15) is 9.59 Å². The van der Waals surface area contributed by atoms with Gasteiger partial charge in [0.15, 0.2) is 5.60 Å². The van der Waals surface area contributed by atoms with Crippen LogP contribution in [0.15, 0.2) is 91.0 Å². The Labute approximate surface area is 177 Å². The quantitative estimate of drug-likeness (QED) is 0.194. The molecule has 0 radical (unpaired) electrons. The molecule has 0 aliphatic carbocycles. The van der Waals surface area contributed by atoms with E-state index in [2.05, 4.69) is 11.8 Å². The normalized spacial score (nSPS) is 12.8. The summed E-state index contributed by atoms with van der Waals surface area (Å²) in [5.41, 5.74) is 1.63. The molecule has 148 valence electrons. The lowest BCUT2D eigenvalue weighted by Crippen LogP contribution is -2.26. The van der Waals surface area contributed by atoms with Crippen LogP contribution in [0.1, 0.15) is 30.5 Å². The van der Waals surface area contributed by atoms with Crippen molar-refractivity contribution < 1.29 is 14.3 Å². The molecule has 0 N–H and O–H groups in total. The van der Waals surface area contributed by atoms with E-state index in [0.29, 0.717) is 11.1 Å². The van der Waals surface area contributed by atoms with E-state index in [1.54, 1.807) is 6.92 Å². The summed E-state index contributed by atoms with van der Waals surface area (Å²) in [6.07, 6.45) is 1.82. The number of allylic oxidation sites excluding steroid dienone is 1. The number of ketones is 1. The van der Waals surface area contributed by atoms with Crippen molar-refractivity contribution in [2.75, 3.05) is 0 Å². The third kappa shape index (κ3) is 5.33. The Hall–Kier alpha value is -3.90. The van der Waals surface area contributed by atoms with Gasteiger partial charge in [-0.1, -0.05) is 91.0 Å². The number of rotatable bonds is 5. The van der Waals surface area contributed by atoms with Gasteiger partial charge in [0.05, 0.1) is 0 Å². The summed E-state index contributed by atoms with van der Waals surface area (Å²) in [6.45, 7) is 3.02. The highest BCUT2D eigenvalue weighted by Gasteiger charge is 2.28. The van der Waals surface area contributed by atoms with Crippen LogP contribution in [0.5, 0.6) is 0 Å². The standard InChI is InChI=1S/C27H22O3/c1-21(28)30-27(2,24-16-10-5-11-17-24)19-18-26(29)25(23-14-8-4-9-15-23)20-22-12-6-3-7-13-22/h3-17,20H,1-2H3/b25-20+. The van der Waals surface area contributed by atoms with Crippen LogP contribution in [0.3, 0.4) is 0 Å². The summed E-state index contributed by atoms with van der Waals surface area (Å²) in [5, 5.41) is 0. The van der Waals surface area contributed by atoms with E-state index in [0.717, 1.165) is 11.1 Å². The monoisotopic (exact) mass is 394 g/mol. The Balaban J connectivity index is 2.03. The molecule has 0 spiro atoms. The summed E-state index contributed by atoms with van der Waals surface area (Å²) in [4.78, 5) is 24.8. The molecule has 1 unspecified atom stereocenters. The molecule has 3 heteroatoms. The van der Waals surface area contributed by atoms with E-state index < -0.39 is 11.6 Å². The Morgan fingerprint density at radius 3 is 1.93 bits per heavy atom. The minimum absolute atomic E-state index is 0.348. The number of hydrogen-bond donors (Lipinski definition) is 0. The predicted molar refractivity (Wildman–Crippen MR) is 119 cm³/mol. The van der Waals surface area contributed by atoms with Crippen LogP contribution in [0.4, 0.5) is 0 Å². The molecular weight excluding hydrogens is 372 g/mol. The van der Waals surface area contributed by atoms with Crippen LogP contribution >= 0.6 is 0 Å². The Morgan fingerprint density at radius 1 is 0.833 bits per heavy atom. The van der Waals surface area contributed by atoms with Gasteiger partial charge >= 0.3 is 5.97 Å². The maximum Gasteiger partial charge on any atom is 0.304 e. The molecule has 0 bridgehead atoms. The lowest BCUT2D eigenvalue weighted by Gasteiger charge is -2.23. The topological polar surface area (TPSA) is 43.4 Å². The fourth-order valence-electron chi connectivity index (χ4n) is 3.06. The highest BCUT2D eigenvalue weighted by molar-refractivity contribution is 6.32. The molecule has 0 fully saturated rings. The van der Waals surface area contributed by atoms with Gasteiger partial charge in [-0.05, 0) is 36.0 Å². The van der Waals surface area contributed by atoms with Gasteiger partial charge < -0.3 is 4.74 Å². The van der Waals surface area contributed by atoms with E-state index >= 15 is 0 Å². The van der Waals surface area contributed by atoms with Gasteiger partial charge in [-0.15, -0.1) is 0 Å². The number of Topliss-reactive ketones (excluding diaryl/α,β-unsaturated/α-hetero) is 1. The van der Waals surface area contributed by atoms with Crippen molar-refractivity contribution in [3.8, 4) is 11.8 Å². The second kappa shape index (κ2) is 9.54. The fraction of sp³-hybridized carbons (Fsp3) is 0.111. The van der Waals surface area contributed by atoms with Crippen LogP contribution < -0.4 is 0 Å². The fourth-order valence-corrected chi connectivity index (χ4v) is 3.06. The second-order valence-corrected chi connectivity index (χ2v) is 6.91. The van der Waals surface area contributed by atoms with Crippen molar-refractivity contribution in [1.29, 1.82) is 0 Å². The summed E-state index contributed by atoms with van der Waals surface area (Å²) < 4.78 is 5.49. The average Bonchev–Trinajstić information content (AvgIpc) is 2.77. The molecule has 3 nitrogen and oxygen atoms in total. The van der Waals surface area contributed by atoms with Crippen molar-refractivity contribution in [1.82, 2.24) is 0 Å². The first-order chi connectivity index (χ1) is 14.5. The van der Waals surface area contributed by atoms with Gasteiger partial charge in [0, 0.05) is 18.1 Å². The van der Waals surface area contributed by atoms with E-state index in [-0.39, 0.29) is 5.78 Å². The lowest BCUT2D eigenvalue weighted by molar-refractivity contribution is -0.151. The molecule has 30 heavy (non-hydrogen) atoms. The van der Waals surface area contributed by atoms with E-state index in [1.165, 1.54) is 6.92 Å². The highest BCUT2D eigenvalue weighted by Crippen LogP contribution is 2.25. The molecule has 0 aromatic heterocycles. The minimum atomic E-state index is -1.22.